The van der Waals surface area contributed by atoms with Gasteiger partial charge >= 0.3 is 0 Å². The lowest BCUT2D eigenvalue weighted by molar-refractivity contribution is -0.194. The highest BCUT2D eigenvalue weighted by Gasteiger charge is 2.22. The molecule has 0 bridgehead atoms. The Morgan fingerprint density at radius 1 is 1.28 bits per heavy atom. The van der Waals surface area contributed by atoms with Crippen LogP contribution in [-0.2, 0) is 20.6 Å². The van der Waals surface area contributed by atoms with Crippen LogP contribution in [-0.4, -0.2) is 34.5 Å². The van der Waals surface area contributed by atoms with Gasteiger partial charge in [0, 0.05) is 13.0 Å². The van der Waals surface area contributed by atoms with Crippen LogP contribution < -0.4 is 0 Å². The molecular weight excluding hydrogens is 356 g/mol. The Bertz CT molecular complexity index is 433. The van der Waals surface area contributed by atoms with Crippen LogP contribution in [0.15, 0.2) is 22.8 Å². The molecule has 1 fully saturated rings. The van der Waals surface area contributed by atoms with E-state index in [0.717, 1.165) is 50.9 Å². The van der Waals surface area contributed by atoms with Crippen molar-refractivity contribution in [1.29, 1.82) is 0 Å². The monoisotopic (exact) mass is 388 g/mol. The zero-order valence-electron chi connectivity index (χ0n) is 15.5. The Morgan fingerprint density at radius 3 is 2.68 bits per heavy atom. The van der Waals surface area contributed by atoms with Crippen molar-refractivity contribution in [3.63, 3.8) is 0 Å². The van der Waals surface area contributed by atoms with E-state index in [2.05, 4.69) is 0 Å². The van der Waals surface area contributed by atoms with Crippen LogP contribution in [0.3, 0.4) is 0 Å². The Kier molecular flexibility index (Phi) is 10.4. The third-order valence-electron chi connectivity index (χ3n) is 4.60. The molecule has 0 N–H and O–H groups in total. The molecule has 0 amide bonds. The zero-order valence-corrected chi connectivity index (χ0v) is 17.1. The van der Waals surface area contributed by atoms with E-state index in [1.54, 1.807) is 24.3 Å². The van der Waals surface area contributed by atoms with E-state index >= 15 is 0 Å². The molecule has 144 valence electrons. The fourth-order valence-electron chi connectivity index (χ4n) is 3.17. The summed E-state index contributed by atoms with van der Waals surface area (Å²) in [5.74, 6) is 0.901. The van der Waals surface area contributed by atoms with E-state index in [9.17, 15) is 4.55 Å². The summed E-state index contributed by atoms with van der Waals surface area (Å²) in [6.45, 7) is 0.797. The highest BCUT2D eigenvalue weighted by molar-refractivity contribution is 8.12. The molecule has 6 heteroatoms. The van der Waals surface area contributed by atoms with Gasteiger partial charge in [0.15, 0.2) is 10.9 Å². The Labute approximate surface area is 159 Å². The number of hydrogen-bond acceptors (Lipinski definition) is 5. The van der Waals surface area contributed by atoms with Gasteiger partial charge in [0.25, 0.3) is 0 Å². The average molecular weight is 389 g/mol. The summed E-state index contributed by atoms with van der Waals surface area (Å²) in [7, 11) is 0. The van der Waals surface area contributed by atoms with Crippen molar-refractivity contribution in [3.8, 4) is 0 Å². The standard InChI is InChI=1S/C19H32O4S2/c1-24-19(25(2)20)13-6-4-3-5-10-17(16-11-9-15-21-16)23-18-12-7-8-14-22-18/h9,11,15,17-19H,3-8,10,12-14H2,1-2H3. The maximum atomic E-state index is 11.6. The summed E-state index contributed by atoms with van der Waals surface area (Å²) in [5.41, 5.74) is 0. The third kappa shape index (κ3) is 7.95. The molecule has 1 aromatic heterocycles. The molecule has 4 atom stereocenters. The molecule has 4 unspecified atom stereocenters. The fourth-order valence-corrected chi connectivity index (χ4v) is 5.15. The first-order valence-electron chi connectivity index (χ1n) is 9.36. The topological polar surface area (TPSA) is 54.7 Å². The summed E-state index contributed by atoms with van der Waals surface area (Å²) in [5, 5.41) is 0. The number of furan rings is 1. The summed E-state index contributed by atoms with van der Waals surface area (Å²) >= 11 is 0.992. The minimum atomic E-state index is -0.726. The molecule has 2 rings (SSSR count). The molecule has 25 heavy (non-hydrogen) atoms. The fraction of sp³-hybridized carbons (Fsp3) is 0.789. The van der Waals surface area contributed by atoms with E-state index < -0.39 is 11.2 Å². The SMILES string of the molecule is CSC(CCCCCCC(OC1CCCCO1)c1ccco1)[S+](C)[O-]. The van der Waals surface area contributed by atoms with Gasteiger partial charge in [-0.05, 0) is 61.7 Å². The molecular formula is C19H32O4S2. The average Bonchev–Trinajstić information content (AvgIpc) is 3.15. The van der Waals surface area contributed by atoms with Crippen LogP contribution in [0, 0.1) is 0 Å². The molecule has 4 nitrogen and oxygen atoms in total. The van der Waals surface area contributed by atoms with Gasteiger partial charge in [-0.25, -0.2) is 0 Å². The van der Waals surface area contributed by atoms with E-state index in [4.69, 9.17) is 13.9 Å². The molecule has 2 heterocycles. The quantitative estimate of drug-likeness (QED) is 0.360. The van der Waals surface area contributed by atoms with Crippen LogP contribution in [0.25, 0.3) is 0 Å². The van der Waals surface area contributed by atoms with E-state index in [1.165, 1.54) is 19.3 Å². The van der Waals surface area contributed by atoms with Gasteiger partial charge in [-0.3, -0.25) is 0 Å². The van der Waals surface area contributed by atoms with Gasteiger partial charge in [-0.15, -0.1) is 11.8 Å². The summed E-state index contributed by atoms with van der Waals surface area (Å²) in [6.07, 6.45) is 15.3. The van der Waals surface area contributed by atoms with Gasteiger partial charge < -0.3 is 18.4 Å². The predicted octanol–water partition coefficient (Wildman–Crippen LogP) is 5.27. The molecule has 0 aliphatic carbocycles. The van der Waals surface area contributed by atoms with Crippen LogP contribution in [0.2, 0.25) is 0 Å². The van der Waals surface area contributed by atoms with Gasteiger partial charge in [0.1, 0.15) is 11.9 Å². The van der Waals surface area contributed by atoms with Gasteiger partial charge in [0.05, 0.1) is 12.5 Å². The van der Waals surface area contributed by atoms with Crippen molar-refractivity contribution >= 4 is 22.9 Å². The molecule has 1 aliphatic heterocycles. The van der Waals surface area contributed by atoms with Crippen LogP contribution in [0.1, 0.15) is 69.7 Å². The predicted molar refractivity (Wildman–Crippen MR) is 105 cm³/mol. The molecule has 1 saturated heterocycles. The third-order valence-corrected chi connectivity index (χ3v) is 7.73. The van der Waals surface area contributed by atoms with Crippen molar-refractivity contribution in [3.05, 3.63) is 24.2 Å². The molecule has 1 aliphatic rings. The van der Waals surface area contributed by atoms with Gasteiger partial charge in [-0.2, -0.15) is 0 Å². The number of thioether (sulfide) groups is 1. The number of unbranched alkanes of at least 4 members (excludes halogenated alkanes) is 3. The van der Waals surface area contributed by atoms with Crippen molar-refractivity contribution in [2.45, 2.75) is 74.8 Å². The maximum absolute atomic E-state index is 11.6. The lowest BCUT2D eigenvalue weighted by Gasteiger charge is -2.27. The molecule has 0 saturated carbocycles. The van der Waals surface area contributed by atoms with E-state index in [0.29, 0.717) is 0 Å². The minimum Gasteiger partial charge on any atom is -0.616 e. The lowest BCUT2D eigenvalue weighted by Crippen LogP contribution is -2.24. The minimum absolute atomic E-state index is 0.0137. The molecule has 0 spiro atoms. The molecule has 0 aromatic carbocycles. The normalized spacial score (nSPS) is 21.8. The smallest absolute Gasteiger partial charge is 0.160 e. The summed E-state index contributed by atoms with van der Waals surface area (Å²) in [4.78, 5) is 0. The second-order valence-electron chi connectivity index (χ2n) is 6.59. The van der Waals surface area contributed by atoms with E-state index in [1.807, 2.05) is 18.4 Å². The van der Waals surface area contributed by atoms with Gasteiger partial charge in [0.2, 0.25) is 0 Å². The number of rotatable bonds is 12. The highest BCUT2D eigenvalue weighted by Crippen LogP contribution is 2.29. The first-order valence-corrected chi connectivity index (χ1v) is 12.3. The Morgan fingerprint density at radius 2 is 2.08 bits per heavy atom. The first-order chi connectivity index (χ1) is 12.2. The number of hydrogen-bond donors (Lipinski definition) is 0. The van der Waals surface area contributed by atoms with Crippen LogP contribution >= 0.6 is 11.8 Å². The van der Waals surface area contributed by atoms with Crippen molar-refractivity contribution < 1.29 is 18.4 Å². The second kappa shape index (κ2) is 12.3. The zero-order chi connectivity index (χ0) is 17.9. The Hall–Kier alpha value is -0.140. The van der Waals surface area contributed by atoms with Crippen molar-refractivity contribution in [2.24, 2.45) is 0 Å². The van der Waals surface area contributed by atoms with Crippen LogP contribution in [0.5, 0.6) is 0 Å². The first kappa shape index (κ1) is 21.2. The van der Waals surface area contributed by atoms with Crippen molar-refractivity contribution in [2.75, 3.05) is 19.1 Å². The second-order valence-corrected chi connectivity index (χ2v) is 9.50. The van der Waals surface area contributed by atoms with Crippen LogP contribution in [0.4, 0.5) is 0 Å². The summed E-state index contributed by atoms with van der Waals surface area (Å²) < 4.78 is 29.3. The Balaban J connectivity index is 1.67. The van der Waals surface area contributed by atoms with E-state index in [-0.39, 0.29) is 17.0 Å². The highest BCUT2D eigenvalue weighted by atomic mass is 32.3. The summed E-state index contributed by atoms with van der Waals surface area (Å²) in [6, 6.07) is 3.91. The van der Waals surface area contributed by atoms with Gasteiger partial charge in [-0.1, -0.05) is 19.3 Å². The van der Waals surface area contributed by atoms with Crippen molar-refractivity contribution in [1.82, 2.24) is 0 Å². The maximum Gasteiger partial charge on any atom is 0.160 e. The largest absolute Gasteiger partial charge is 0.616 e. The molecule has 0 radical (unpaired) electrons. The lowest BCUT2D eigenvalue weighted by atomic mass is 10.1. The number of ether oxygens (including phenoxy) is 2. The molecule has 1 aromatic rings.